The topological polar surface area (TPSA) is 280 Å². The van der Waals surface area contributed by atoms with E-state index in [4.69, 9.17) is 58.3 Å². The Bertz CT molecular complexity index is 289. The van der Waals surface area contributed by atoms with E-state index < -0.39 is 20.5 Å². The van der Waals surface area contributed by atoms with Gasteiger partial charge in [-0.05, 0) is 0 Å². The van der Waals surface area contributed by atoms with Crippen LogP contribution in [0.3, 0.4) is 0 Å². The zero-order valence-corrected chi connectivity index (χ0v) is 14.6. The zero-order chi connectivity index (χ0) is 19.8. The number of nitrogens with zero attached hydrogens (tertiary/aromatic N) is 4. The van der Waals surface area contributed by atoms with Gasteiger partial charge in [-0.2, -0.15) is 21.0 Å². The minimum atomic E-state index is -4.94. The second-order valence-corrected chi connectivity index (χ2v) is 3.16. The van der Waals surface area contributed by atoms with Crippen LogP contribution in [0.25, 0.3) is 0 Å². The predicted molar refractivity (Wildman–Crippen MR) is 45.1 cm³/mol. The van der Waals surface area contributed by atoms with Crippen LogP contribution < -0.4 is 37.3 Å². The van der Waals surface area contributed by atoms with Gasteiger partial charge >= 0.3 is 17.1 Å². The molecule has 0 aliphatic heterocycles. The molecule has 0 aromatic carbocycles. The van der Waals surface area contributed by atoms with E-state index in [1.165, 1.54) is 27.7 Å². The van der Waals surface area contributed by atoms with E-state index in [2.05, 4.69) is 0 Å². The molecule has 0 saturated carbocycles. The van der Waals surface area contributed by atoms with Gasteiger partial charge in [0.1, 0.15) is 0 Å². The van der Waals surface area contributed by atoms with Gasteiger partial charge in [-0.15, -0.1) is 20.5 Å². The molecule has 0 aromatic rings. The molecule has 0 heterocycles. The summed E-state index contributed by atoms with van der Waals surface area (Å²) in [6.07, 6.45) is 0. The quantitative estimate of drug-likeness (QED) is 0.326. The normalized spacial score (nSPS) is 6.61. The number of halogens is 2. The summed E-state index contributed by atoms with van der Waals surface area (Å²) in [6, 6.07) is 7.00. The molecule has 0 rings (SSSR count). The average Bonchev–Trinajstić information content (AvgIpc) is 2.15. The second-order valence-electron chi connectivity index (χ2n) is 1.65. The number of hydrogen-bond acceptors (Lipinski definition) is 12. The largest absolute Gasteiger partial charge is 2.00 e. The van der Waals surface area contributed by atoms with Gasteiger partial charge in [0, 0.05) is 27.7 Å². The van der Waals surface area contributed by atoms with Crippen molar-refractivity contribution >= 4 is 0 Å². The van der Waals surface area contributed by atoms with Crippen molar-refractivity contribution in [1.29, 1.82) is 21.0 Å². The van der Waals surface area contributed by atoms with Gasteiger partial charge in [-0.25, -0.2) is 37.3 Å². The Morgan fingerprint density at radius 3 is 0.478 bits per heavy atom. The number of nitriles is 4. The van der Waals surface area contributed by atoms with Gasteiger partial charge in [0.05, 0.1) is 24.3 Å². The first-order valence-electron chi connectivity index (χ1n) is 4.13. The van der Waals surface area contributed by atoms with Crippen LogP contribution in [-0.2, 0) is 17.1 Å². The Morgan fingerprint density at radius 2 is 0.478 bits per heavy atom. The van der Waals surface area contributed by atoms with E-state index in [9.17, 15) is 0 Å². The fourth-order valence-corrected chi connectivity index (χ4v) is 0. The Balaban J connectivity index is -0.0000000270. The third kappa shape index (κ3) is 4580. The van der Waals surface area contributed by atoms with Crippen molar-refractivity contribution in [2.45, 2.75) is 27.7 Å². The molecule has 0 N–H and O–H groups in total. The summed E-state index contributed by atoms with van der Waals surface area (Å²) >= 11 is 0. The minimum absolute atomic E-state index is 0. The molecular weight excluding hydrogens is 415 g/mol. The van der Waals surface area contributed by atoms with Crippen molar-refractivity contribution in [2.24, 2.45) is 0 Å². The predicted octanol–water partition coefficient (Wildman–Crippen LogP) is -7.39. The van der Waals surface area contributed by atoms with Crippen molar-refractivity contribution in [3.63, 3.8) is 0 Å². The maximum atomic E-state index is 8.49. The fourth-order valence-electron chi connectivity index (χ4n) is 0. The SMILES string of the molecule is CC#N.CC#N.CC#N.CC#N.[Cu+2].[O-][Cl+3]([O-])([O-])[O-].[O-][Cl+3]([O-])([O-])[O-]. The van der Waals surface area contributed by atoms with Gasteiger partial charge in [0.25, 0.3) is 0 Å². The summed E-state index contributed by atoms with van der Waals surface area (Å²) < 4.78 is 67.9. The third-order valence-electron chi connectivity index (χ3n) is 0. The summed E-state index contributed by atoms with van der Waals surface area (Å²) in [6.45, 7) is 5.72. The summed E-state index contributed by atoms with van der Waals surface area (Å²) in [4.78, 5) is 0. The fraction of sp³-hybridized carbons (Fsp3) is 0.500. The molecule has 0 bridgehead atoms. The first-order chi connectivity index (χ1) is 9.66. The Kier molecular flexibility index (Phi) is 69.6. The second kappa shape index (κ2) is 37.2. The smallest absolute Gasteiger partial charge is 0.222 e. The molecule has 0 atom stereocenters. The molecule has 0 unspecified atom stereocenters. The van der Waals surface area contributed by atoms with Crippen LogP contribution in [0.2, 0.25) is 0 Å². The molecule has 0 fully saturated rings. The van der Waals surface area contributed by atoms with Crippen LogP contribution in [0, 0.1) is 65.8 Å². The molecule has 0 aliphatic carbocycles. The minimum Gasteiger partial charge on any atom is -0.222 e. The van der Waals surface area contributed by atoms with E-state index in [0.717, 1.165) is 0 Å². The van der Waals surface area contributed by atoms with E-state index in [0.29, 0.717) is 0 Å². The molecule has 0 amide bonds. The van der Waals surface area contributed by atoms with Gasteiger partial charge in [-0.3, -0.25) is 0 Å². The molecule has 12 nitrogen and oxygen atoms in total. The van der Waals surface area contributed by atoms with Crippen molar-refractivity contribution in [2.75, 3.05) is 0 Å². The maximum absolute atomic E-state index is 8.49. The van der Waals surface area contributed by atoms with Crippen molar-refractivity contribution in [3.8, 4) is 24.3 Å². The molecule has 0 saturated heterocycles. The molecule has 0 aliphatic rings. The number of hydrogen-bond donors (Lipinski definition) is 0. The molecule has 137 valence electrons. The summed E-state index contributed by atoms with van der Waals surface area (Å²) in [5.41, 5.74) is 0. The van der Waals surface area contributed by atoms with Gasteiger partial charge in [-0.1, -0.05) is 0 Å². The maximum Gasteiger partial charge on any atom is 2.00 e. The first-order valence-corrected chi connectivity index (χ1v) is 6.60. The molecule has 0 spiro atoms. The van der Waals surface area contributed by atoms with E-state index in [1.54, 1.807) is 24.3 Å². The van der Waals surface area contributed by atoms with Crippen LogP contribution >= 0.6 is 0 Å². The zero-order valence-electron chi connectivity index (χ0n) is 12.1. The average molecular weight is 427 g/mol. The Hall–Kier alpha value is -1.26. The summed E-state index contributed by atoms with van der Waals surface area (Å²) in [7, 11) is -9.89. The molecule has 15 heteroatoms. The number of rotatable bonds is 0. The van der Waals surface area contributed by atoms with E-state index >= 15 is 0 Å². The van der Waals surface area contributed by atoms with Gasteiger partial charge < -0.3 is 0 Å². The van der Waals surface area contributed by atoms with Crippen molar-refractivity contribution < 1.29 is 74.8 Å². The molecule has 23 heavy (non-hydrogen) atoms. The summed E-state index contributed by atoms with van der Waals surface area (Å²) in [5, 5.41) is 29.3. The Morgan fingerprint density at radius 1 is 0.478 bits per heavy atom. The summed E-state index contributed by atoms with van der Waals surface area (Å²) in [5.74, 6) is 0. The van der Waals surface area contributed by atoms with Crippen LogP contribution in [0.4, 0.5) is 0 Å². The Labute approximate surface area is 148 Å². The van der Waals surface area contributed by atoms with Gasteiger partial charge in [0.15, 0.2) is 0 Å². The van der Waals surface area contributed by atoms with E-state index in [1.807, 2.05) is 0 Å². The van der Waals surface area contributed by atoms with Crippen molar-refractivity contribution in [1.82, 2.24) is 0 Å². The standard InChI is InChI=1S/4C2H3N.2ClHO4.Cu/c4*1-2-3;2*2-1(3,4)5;/h4*1H3;2*(H,2,3,4,5);/q;;;;;;+2/p-2. The monoisotopic (exact) mass is 425 g/mol. The van der Waals surface area contributed by atoms with Crippen LogP contribution in [0.5, 0.6) is 0 Å². The van der Waals surface area contributed by atoms with Crippen molar-refractivity contribution in [3.05, 3.63) is 0 Å². The molecular formula is C8H12Cl2CuN4O8. The first kappa shape index (κ1) is 43.0. The van der Waals surface area contributed by atoms with Crippen LogP contribution in [-0.4, -0.2) is 0 Å². The van der Waals surface area contributed by atoms with Gasteiger partial charge in [0.2, 0.25) is 0 Å². The van der Waals surface area contributed by atoms with Crippen LogP contribution in [0.1, 0.15) is 27.7 Å². The molecule has 0 aromatic heterocycles. The molecule has 1 radical (unpaired) electrons. The van der Waals surface area contributed by atoms with Crippen LogP contribution in [0.15, 0.2) is 0 Å². The van der Waals surface area contributed by atoms with E-state index in [-0.39, 0.29) is 17.1 Å². The third-order valence-corrected chi connectivity index (χ3v) is 0.